The molecule has 1 aliphatic carbocycles. The van der Waals surface area contributed by atoms with Crippen LogP contribution in [0.1, 0.15) is 50.2 Å². The van der Waals surface area contributed by atoms with E-state index in [0.29, 0.717) is 6.04 Å². The second-order valence-corrected chi connectivity index (χ2v) is 6.25. The molecule has 0 spiro atoms. The number of piperidine rings is 1. The molecule has 19 heavy (non-hydrogen) atoms. The molecule has 0 amide bonds. The van der Waals surface area contributed by atoms with E-state index in [9.17, 15) is 0 Å². The van der Waals surface area contributed by atoms with Crippen molar-refractivity contribution in [1.82, 2.24) is 10.2 Å². The summed E-state index contributed by atoms with van der Waals surface area (Å²) >= 11 is 0. The molecule has 1 atom stereocenters. The lowest BCUT2D eigenvalue weighted by atomic mass is 9.96. The first kappa shape index (κ1) is 13.2. The van der Waals surface area contributed by atoms with Crippen molar-refractivity contribution in [2.75, 3.05) is 19.6 Å². The average molecular weight is 262 g/mol. The van der Waals surface area contributed by atoms with Crippen LogP contribution in [0.2, 0.25) is 0 Å². The Hall–Kier alpha value is -0.800. The monoisotopic (exact) mass is 262 g/mol. The summed E-state index contributed by atoms with van der Waals surface area (Å²) in [7, 11) is 0. The Bertz CT molecular complexity index is 405. The van der Waals surface area contributed by atoms with Gasteiger partial charge < -0.3 is 9.73 Å². The first-order chi connectivity index (χ1) is 9.24. The molecule has 3 heteroatoms. The van der Waals surface area contributed by atoms with Crippen LogP contribution < -0.4 is 5.32 Å². The van der Waals surface area contributed by atoms with E-state index >= 15 is 0 Å². The lowest BCUT2D eigenvalue weighted by molar-refractivity contribution is 0.137. The van der Waals surface area contributed by atoms with Crippen LogP contribution in [0.25, 0.3) is 0 Å². The molecule has 1 saturated heterocycles. The minimum absolute atomic E-state index is 0.427. The maximum atomic E-state index is 5.84. The molecule has 1 saturated carbocycles. The van der Waals surface area contributed by atoms with Gasteiger partial charge >= 0.3 is 0 Å². The van der Waals surface area contributed by atoms with Gasteiger partial charge in [-0.2, -0.15) is 0 Å². The highest BCUT2D eigenvalue weighted by atomic mass is 16.3. The molecular weight excluding hydrogens is 236 g/mol. The minimum Gasteiger partial charge on any atom is -0.465 e. The number of aryl methyl sites for hydroxylation is 1. The van der Waals surface area contributed by atoms with Crippen molar-refractivity contribution in [2.24, 2.45) is 5.92 Å². The number of nitrogens with one attached hydrogen (secondary N) is 1. The number of furan rings is 1. The van der Waals surface area contributed by atoms with Gasteiger partial charge in [-0.15, -0.1) is 0 Å². The molecule has 0 radical (unpaired) electrons. The Morgan fingerprint density at radius 2 is 2.00 bits per heavy atom. The summed E-state index contributed by atoms with van der Waals surface area (Å²) in [6.07, 6.45) is 5.39. The second-order valence-electron chi connectivity index (χ2n) is 6.25. The molecule has 2 fully saturated rings. The van der Waals surface area contributed by atoms with Crippen LogP contribution in [0, 0.1) is 12.8 Å². The van der Waals surface area contributed by atoms with Gasteiger partial charge in [0.05, 0.1) is 6.04 Å². The van der Waals surface area contributed by atoms with Crippen molar-refractivity contribution in [1.29, 1.82) is 0 Å². The van der Waals surface area contributed by atoms with E-state index in [0.717, 1.165) is 23.5 Å². The highest BCUT2D eigenvalue weighted by Gasteiger charge is 2.35. The van der Waals surface area contributed by atoms with Crippen LogP contribution in [-0.4, -0.2) is 30.6 Å². The molecule has 3 nitrogen and oxygen atoms in total. The van der Waals surface area contributed by atoms with Crippen LogP contribution in [0.15, 0.2) is 16.5 Å². The molecule has 3 rings (SSSR count). The third kappa shape index (κ3) is 3.21. The zero-order valence-electron chi connectivity index (χ0n) is 12.2. The van der Waals surface area contributed by atoms with Gasteiger partial charge in [0.1, 0.15) is 11.5 Å². The number of hydrogen-bond donors (Lipinski definition) is 1. The Balaban J connectivity index is 1.66. The van der Waals surface area contributed by atoms with E-state index in [4.69, 9.17) is 4.42 Å². The smallest absolute Gasteiger partial charge is 0.121 e. The van der Waals surface area contributed by atoms with Crippen molar-refractivity contribution >= 4 is 0 Å². The Morgan fingerprint density at radius 3 is 2.58 bits per heavy atom. The van der Waals surface area contributed by atoms with Gasteiger partial charge in [0, 0.05) is 12.6 Å². The molecule has 2 aliphatic rings. The molecule has 2 heterocycles. The van der Waals surface area contributed by atoms with Crippen LogP contribution >= 0.6 is 0 Å². The Kier molecular flexibility index (Phi) is 3.94. The standard InChI is InChI=1S/C16H26N2O/c1-12-3-6-16(19-12)13(2)18(15-4-5-15)11-14-7-9-17-10-8-14/h3,6,13-15,17H,4-5,7-11H2,1-2H3. The van der Waals surface area contributed by atoms with Gasteiger partial charge in [-0.3, -0.25) is 4.90 Å². The third-order valence-electron chi connectivity index (χ3n) is 4.61. The number of hydrogen-bond acceptors (Lipinski definition) is 3. The highest BCUT2D eigenvalue weighted by molar-refractivity contribution is 5.10. The zero-order chi connectivity index (χ0) is 13.2. The summed E-state index contributed by atoms with van der Waals surface area (Å²) < 4.78 is 5.84. The van der Waals surface area contributed by atoms with Crippen molar-refractivity contribution in [3.05, 3.63) is 23.7 Å². The van der Waals surface area contributed by atoms with Gasteiger partial charge in [-0.25, -0.2) is 0 Å². The fourth-order valence-corrected chi connectivity index (χ4v) is 3.23. The molecule has 1 N–H and O–H groups in total. The van der Waals surface area contributed by atoms with E-state index in [2.05, 4.69) is 29.3 Å². The van der Waals surface area contributed by atoms with Crippen molar-refractivity contribution in [3.8, 4) is 0 Å². The van der Waals surface area contributed by atoms with Crippen LogP contribution in [0.4, 0.5) is 0 Å². The molecule has 1 aromatic heterocycles. The van der Waals surface area contributed by atoms with Gasteiger partial charge in [0.2, 0.25) is 0 Å². The average Bonchev–Trinajstić information content (AvgIpc) is 3.18. The summed E-state index contributed by atoms with van der Waals surface area (Å²) in [6.45, 7) is 7.96. The van der Waals surface area contributed by atoms with E-state index < -0.39 is 0 Å². The fraction of sp³-hybridized carbons (Fsp3) is 0.750. The first-order valence-corrected chi connectivity index (χ1v) is 7.77. The van der Waals surface area contributed by atoms with Crippen LogP contribution in [0.5, 0.6) is 0 Å². The topological polar surface area (TPSA) is 28.4 Å². The predicted molar refractivity (Wildman–Crippen MR) is 77.2 cm³/mol. The largest absolute Gasteiger partial charge is 0.465 e. The highest BCUT2D eigenvalue weighted by Crippen LogP contribution is 2.36. The van der Waals surface area contributed by atoms with Gasteiger partial charge in [0.25, 0.3) is 0 Å². The van der Waals surface area contributed by atoms with Crippen LogP contribution in [-0.2, 0) is 0 Å². The lowest BCUT2D eigenvalue weighted by Gasteiger charge is -2.33. The molecule has 1 aromatic rings. The molecule has 1 unspecified atom stereocenters. The quantitative estimate of drug-likeness (QED) is 0.884. The van der Waals surface area contributed by atoms with E-state index in [1.165, 1.54) is 45.3 Å². The number of rotatable bonds is 5. The van der Waals surface area contributed by atoms with E-state index in [1.54, 1.807) is 0 Å². The van der Waals surface area contributed by atoms with E-state index in [-0.39, 0.29) is 0 Å². The molecule has 0 bridgehead atoms. The third-order valence-corrected chi connectivity index (χ3v) is 4.61. The second kappa shape index (κ2) is 5.68. The lowest BCUT2D eigenvalue weighted by Crippen LogP contribution is -2.38. The SMILES string of the molecule is Cc1ccc(C(C)N(CC2CCNCC2)C2CC2)o1. The molecule has 106 valence electrons. The maximum Gasteiger partial charge on any atom is 0.121 e. The zero-order valence-corrected chi connectivity index (χ0v) is 12.2. The van der Waals surface area contributed by atoms with Gasteiger partial charge in [-0.05, 0) is 70.7 Å². The maximum absolute atomic E-state index is 5.84. The molecule has 0 aromatic carbocycles. The van der Waals surface area contributed by atoms with Gasteiger partial charge in [0.15, 0.2) is 0 Å². The molecular formula is C16H26N2O. The number of nitrogens with zero attached hydrogens (tertiary/aromatic N) is 1. The summed E-state index contributed by atoms with van der Waals surface area (Å²) in [5.74, 6) is 3.03. The summed E-state index contributed by atoms with van der Waals surface area (Å²) in [5.41, 5.74) is 0. The summed E-state index contributed by atoms with van der Waals surface area (Å²) in [4.78, 5) is 2.69. The Morgan fingerprint density at radius 1 is 1.26 bits per heavy atom. The van der Waals surface area contributed by atoms with Gasteiger partial charge in [-0.1, -0.05) is 0 Å². The van der Waals surface area contributed by atoms with Crippen molar-refractivity contribution < 1.29 is 4.42 Å². The predicted octanol–water partition coefficient (Wildman–Crippen LogP) is 3.11. The molecule has 1 aliphatic heterocycles. The van der Waals surface area contributed by atoms with E-state index in [1.807, 2.05) is 6.92 Å². The summed E-state index contributed by atoms with van der Waals surface area (Å²) in [5, 5.41) is 3.46. The van der Waals surface area contributed by atoms with Crippen LogP contribution in [0.3, 0.4) is 0 Å². The fourth-order valence-electron chi connectivity index (χ4n) is 3.23. The summed E-state index contributed by atoms with van der Waals surface area (Å²) in [6, 6.07) is 5.46. The Labute approximate surface area is 116 Å². The van der Waals surface area contributed by atoms with Crippen molar-refractivity contribution in [3.63, 3.8) is 0 Å². The minimum atomic E-state index is 0.427. The first-order valence-electron chi connectivity index (χ1n) is 7.77. The van der Waals surface area contributed by atoms with Crippen molar-refractivity contribution in [2.45, 2.75) is 51.6 Å². The normalized spacial score (nSPS) is 22.9.